The Balaban J connectivity index is 1.42. The van der Waals surface area contributed by atoms with Crippen molar-refractivity contribution in [3.63, 3.8) is 0 Å². The molecule has 3 aromatic rings. The van der Waals surface area contributed by atoms with Crippen LogP contribution in [0.4, 0.5) is 0 Å². The number of amides is 1. The van der Waals surface area contributed by atoms with Crippen LogP contribution >= 0.6 is 0 Å². The molecule has 0 atom stereocenters. The fraction of sp³-hybridized carbons (Fsp3) is 0.375. The Morgan fingerprint density at radius 3 is 2.42 bits per heavy atom. The lowest BCUT2D eigenvalue weighted by Crippen LogP contribution is -2.35. The normalized spacial score (nSPS) is 14.5. The Bertz CT molecular complexity index is 1050. The lowest BCUT2D eigenvalue weighted by Gasteiger charge is -2.26. The number of hydrogen-bond donors (Lipinski definition) is 1. The van der Waals surface area contributed by atoms with Crippen molar-refractivity contribution in [2.75, 3.05) is 40.5 Å². The second-order valence-electron chi connectivity index (χ2n) is 7.71. The zero-order chi connectivity index (χ0) is 21.8. The van der Waals surface area contributed by atoms with E-state index in [1.54, 1.807) is 14.2 Å². The largest absolute Gasteiger partial charge is 0.493 e. The summed E-state index contributed by atoms with van der Waals surface area (Å²) < 4.78 is 18.2. The van der Waals surface area contributed by atoms with Gasteiger partial charge in [0.2, 0.25) is 0 Å². The molecular weight excluding hydrogens is 394 g/mol. The molecule has 0 unspecified atom stereocenters. The maximum Gasteiger partial charge on any atom is 0.268 e. The highest BCUT2D eigenvalue weighted by Crippen LogP contribution is 2.36. The van der Waals surface area contributed by atoms with Crippen LogP contribution in [0.3, 0.4) is 0 Å². The van der Waals surface area contributed by atoms with E-state index in [1.807, 2.05) is 29.8 Å². The molecule has 7 heteroatoms. The number of carbonyl (C=O) groups excluding carboxylic acids is 1. The molecule has 0 aliphatic carbocycles. The summed E-state index contributed by atoms with van der Waals surface area (Å²) in [5, 5.41) is 3.87. The van der Waals surface area contributed by atoms with Gasteiger partial charge >= 0.3 is 0 Å². The molecule has 1 aliphatic heterocycles. The molecule has 0 radical (unpaired) electrons. The maximum absolute atomic E-state index is 12.9. The van der Waals surface area contributed by atoms with E-state index in [2.05, 4.69) is 34.5 Å². The molecule has 1 fully saturated rings. The highest BCUT2D eigenvalue weighted by molar-refractivity contribution is 6.01. The molecule has 0 saturated carbocycles. The van der Waals surface area contributed by atoms with E-state index in [0.717, 1.165) is 49.3 Å². The SMILES string of the molecule is COc1ccc2c(cc(C(=O)NCc3ccc(CN4CCOCC4)cc3)n2C)c1OC. The van der Waals surface area contributed by atoms with Gasteiger partial charge in [0.15, 0.2) is 11.5 Å². The van der Waals surface area contributed by atoms with E-state index >= 15 is 0 Å². The molecule has 1 aromatic heterocycles. The predicted octanol–water partition coefficient (Wildman–Crippen LogP) is 2.96. The number of ether oxygens (including phenoxy) is 3. The van der Waals surface area contributed by atoms with Gasteiger partial charge in [-0.25, -0.2) is 0 Å². The molecule has 4 rings (SSSR count). The number of morpholine rings is 1. The third-order valence-corrected chi connectivity index (χ3v) is 5.78. The van der Waals surface area contributed by atoms with Gasteiger partial charge in [-0.3, -0.25) is 9.69 Å². The van der Waals surface area contributed by atoms with Crippen molar-refractivity contribution >= 4 is 16.8 Å². The van der Waals surface area contributed by atoms with Crippen LogP contribution in [-0.4, -0.2) is 55.9 Å². The summed E-state index contributed by atoms with van der Waals surface area (Å²) in [4.78, 5) is 15.3. The molecule has 164 valence electrons. The van der Waals surface area contributed by atoms with Crippen molar-refractivity contribution in [2.24, 2.45) is 7.05 Å². The minimum absolute atomic E-state index is 0.128. The Hall–Kier alpha value is -3.03. The van der Waals surface area contributed by atoms with Gasteiger partial charge in [-0.2, -0.15) is 0 Å². The molecule has 0 bridgehead atoms. The minimum atomic E-state index is -0.128. The van der Waals surface area contributed by atoms with Crippen LogP contribution in [0.25, 0.3) is 10.9 Å². The van der Waals surface area contributed by atoms with Crippen molar-refractivity contribution in [1.82, 2.24) is 14.8 Å². The van der Waals surface area contributed by atoms with E-state index in [9.17, 15) is 4.79 Å². The number of benzene rings is 2. The van der Waals surface area contributed by atoms with E-state index in [1.165, 1.54) is 5.56 Å². The summed E-state index contributed by atoms with van der Waals surface area (Å²) in [6.45, 7) is 4.95. The first-order valence-electron chi connectivity index (χ1n) is 10.5. The van der Waals surface area contributed by atoms with Crippen molar-refractivity contribution in [3.8, 4) is 11.5 Å². The lowest BCUT2D eigenvalue weighted by atomic mass is 10.1. The smallest absolute Gasteiger partial charge is 0.268 e. The Kier molecular flexibility index (Phi) is 6.44. The van der Waals surface area contributed by atoms with Gasteiger partial charge in [-0.05, 0) is 29.3 Å². The first-order valence-corrected chi connectivity index (χ1v) is 10.5. The number of aromatic nitrogens is 1. The number of aryl methyl sites for hydroxylation is 1. The van der Waals surface area contributed by atoms with E-state index in [0.29, 0.717) is 23.7 Å². The average Bonchev–Trinajstić information content (AvgIpc) is 3.15. The van der Waals surface area contributed by atoms with Gasteiger partial charge in [-0.15, -0.1) is 0 Å². The quantitative estimate of drug-likeness (QED) is 0.633. The fourth-order valence-corrected chi connectivity index (χ4v) is 4.01. The van der Waals surface area contributed by atoms with Crippen molar-refractivity contribution in [1.29, 1.82) is 0 Å². The number of methoxy groups -OCH3 is 2. The lowest BCUT2D eigenvalue weighted by molar-refractivity contribution is 0.0342. The monoisotopic (exact) mass is 423 g/mol. The zero-order valence-corrected chi connectivity index (χ0v) is 18.3. The summed E-state index contributed by atoms with van der Waals surface area (Å²) in [6.07, 6.45) is 0. The number of fused-ring (bicyclic) bond motifs is 1. The molecule has 1 aliphatic rings. The van der Waals surface area contributed by atoms with Crippen molar-refractivity contribution < 1.29 is 19.0 Å². The molecule has 0 spiro atoms. The number of carbonyl (C=O) groups is 1. The van der Waals surface area contributed by atoms with Crippen LogP contribution in [0.15, 0.2) is 42.5 Å². The number of nitrogens with zero attached hydrogens (tertiary/aromatic N) is 2. The van der Waals surface area contributed by atoms with Gasteiger partial charge in [0.05, 0.1) is 33.0 Å². The molecular formula is C24H29N3O4. The van der Waals surface area contributed by atoms with Crippen LogP contribution in [-0.2, 0) is 24.9 Å². The van der Waals surface area contributed by atoms with Gasteiger partial charge < -0.3 is 24.1 Å². The van der Waals surface area contributed by atoms with Crippen molar-refractivity contribution in [2.45, 2.75) is 13.1 Å². The molecule has 1 amide bonds. The van der Waals surface area contributed by atoms with E-state index < -0.39 is 0 Å². The highest BCUT2D eigenvalue weighted by atomic mass is 16.5. The third-order valence-electron chi connectivity index (χ3n) is 5.78. The molecule has 2 aromatic carbocycles. The molecule has 1 saturated heterocycles. The van der Waals surface area contributed by atoms with Crippen LogP contribution in [0.5, 0.6) is 11.5 Å². The second-order valence-corrected chi connectivity index (χ2v) is 7.71. The summed E-state index contributed by atoms with van der Waals surface area (Å²) in [7, 11) is 5.09. The van der Waals surface area contributed by atoms with Gasteiger partial charge in [0, 0.05) is 38.6 Å². The van der Waals surface area contributed by atoms with Crippen LogP contribution in [0.2, 0.25) is 0 Å². The Labute approximate surface area is 182 Å². The summed E-state index contributed by atoms with van der Waals surface area (Å²) >= 11 is 0. The van der Waals surface area contributed by atoms with Gasteiger partial charge in [-0.1, -0.05) is 24.3 Å². The number of rotatable bonds is 7. The second kappa shape index (κ2) is 9.41. The third kappa shape index (κ3) is 4.52. The van der Waals surface area contributed by atoms with Crippen LogP contribution in [0, 0.1) is 0 Å². The first-order chi connectivity index (χ1) is 15.1. The van der Waals surface area contributed by atoms with E-state index in [-0.39, 0.29) is 5.91 Å². The van der Waals surface area contributed by atoms with Crippen molar-refractivity contribution in [3.05, 3.63) is 59.3 Å². The van der Waals surface area contributed by atoms with Gasteiger partial charge in [0.25, 0.3) is 5.91 Å². The molecule has 2 heterocycles. The standard InChI is InChI=1S/C24H29N3O4/c1-26-20-8-9-22(29-2)23(30-3)19(20)14-21(26)24(28)25-15-17-4-6-18(7-5-17)16-27-10-12-31-13-11-27/h4-9,14H,10-13,15-16H2,1-3H3,(H,25,28). The summed E-state index contributed by atoms with van der Waals surface area (Å²) in [6, 6.07) is 14.0. The maximum atomic E-state index is 12.9. The zero-order valence-electron chi connectivity index (χ0n) is 18.3. The number of hydrogen-bond acceptors (Lipinski definition) is 5. The molecule has 1 N–H and O–H groups in total. The molecule has 31 heavy (non-hydrogen) atoms. The highest BCUT2D eigenvalue weighted by Gasteiger charge is 2.18. The summed E-state index contributed by atoms with van der Waals surface area (Å²) in [5.74, 6) is 1.15. The fourth-order valence-electron chi connectivity index (χ4n) is 4.01. The minimum Gasteiger partial charge on any atom is -0.493 e. The Morgan fingerprint density at radius 2 is 1.74 bits per heavy atom. The number of nitrogens with one attached hydrogen (secondary N) is 1. The Morgan fingerprint density at radius 1 is 1.03 bits per heavy atom. The summed E-state index contributed by atoms with van der Waals surface area (Å²) in [5.41, 5.74) is 3.82. The van der Waals surface area contributed by atoms with Crippen LogP contribution < -0.4 is 14.8 Å². The van der Waals surface area contributed by atoms with Gasteiger partial charge in [0.1, 0.15) is 5.69 Å². The topological polar surface area (TPSA) is 65.0 Å². The average molecular weight is 424 g/mol. The predicted molar refractivity (Wildman–Crippen MR) is 120 cm³/mol. The first kappa shape index (κ1) is 21.2. The molecule has 7 nitrogen and oxygen atoms in total. The van der Waals surface area contributed by atoms with E-state index in [4.69, 9.17) is 14.2 Å². The van der Waals surface area contributed by atoms with Crippen LogP contribution in [0.1, 0.15) is 21.6 Å².